The number of nitrogens with zero attached hydrogens (tertiary/aromatic N) is 1. The average Bonchev–Trinajstić information content (AvgIpc) is 2.42. The molecule has 0 saturated heterocycles. The summed E-state index contributed by atoms with van der Waals surface area (Å²) in [7, 11) is 1.52. The number of rotatable bonds is 4. The highest BCUT2D eigenvalue weighted by molar-refractivity contribution is 6.32. The largest absolute Gasteiger partial charge is 0.495 e. The molecular weight excluding hydrogens is 294 g/mol. The Balaban J connectivity index is 2.19. The highest BCUT2D eigenvalue weighted by atomic mass is 35.5. The van der Waals surface area contributed by atoms with E-state index in [9.17, 15) is 4.79 Å². The Hall–Kier alpha value is -1.95. The van der Waals surface area contributed by atoms with Crippen LogP contribution in [0.4, 0.5) is 5.69 Å². The number of ether oxygens (including phenoxy) is 1. The van der Waals surface area contributed by atoms with Crippen LogP contribution in [0.15, 0.2) is 23.4 Å². The molecule has 0 bridgehead atoms. The van der Waals surface area contributed by atoms with Crippen LogP contribution in [0.3, 0.4) is 0 Å². The van der Waals surface area contributed by atoms with Crippen molar-refractivity contribution < 1.29 is 14.7 Å². The van der Waals surface area contributed by atoms with E-state index in [-0.39, 0.29) is 11.7 Å². The van der Waals surface area contributed by atoms with Crippen molar-refractivity contribution in [1.29, 1.82) is 0 Å². The molecule has 0 atom stereocenters. The number of hydrogen-bond acceptors (Lipinski definition) is 4. The molecule has 7 heteroatoms. The summed E-state index contributed by atoms with van der Waals surface area (Å²) in [4.78, 5) is 12.5. The molecule has 2 rings (SSSR count). The summed E-state index contributed by atoms with van der Waals surface area (Å²) in [5, 5.41) is 15.1. The van der Waals surface area contributed by atoms with E-state index in [0.717, 1.165) is 0 Å². The number of methoxy groups -OCH3 is 1. The maximum Gasteiger partial charge on any atom is 0.238 e. The lowest BCUT2D eigenvalue weighted by Crippen LogP contribution is -2.54. The zero-order chi connectivity index (χ0) is 15.6. The second-order valence-corrected chi connectivity index (χ2v) is 5.79. The molecule has 4 N–H and O–H groups in total. The zero-order valence-corrected chi connectivity index (χ0v) is 12.6. The van der Waals surface area contributed by atoms with Crippen molar-refractivity contribution in [3.05, 3.63) is 23.2 Å². The molecule has 0 unspecified atom stereocenters. The predicted molar refractivity (Wildman–Crippen MR) is 80.9 cm³/mol. The fourth-order valence-electron chi connectivity index (χ4n) is 2.73. The first kappa shape index (κ1) is 15.4. The summed E-state index contributed by atoms with van der Waals surface area (Å²) < 4.78 is 5.06. The van der Waals surface area contributed by atoms with Gasteiger partial charge in [0.05, 0.1) is 12.1 Å². The van der Waals surface area contributed by atoms with Crippen LogP contribution < -0.4 is 15.8 Å². The Kier molecular flexibility index (Phi) is 4.27. The standard InChI is InChI=1S/C14H18ClN3O3/c1-8-6-14(7-8,12(16)18-20)13(19)17-9-3-4-11(21-2)10(15)5-9/h3-5,8,20H,6-7H2,1-2H3,(H2,16,18)(H,17,19). The van der Waals surface area contributed by atoms with Crippen LogP contribution in [0.2, 0.25) is 5.02 Å². The summed E-state index contributed by atoms with van der Waals surface area (Å²) in [5.74, 6) is 0.531. The number of carbonyl (C=O) groups is 1. The van der Waals surface area contributed by atoms with Crippen molar-refractivity contribution in [3.63, 3.8) is 0 Å². The third-order valence-electron chi connectivity index (χ3n) is 3.84. The Bertz CT molecular complexity index is 583. The van der Waals surface area contributed by atoms with Crippen LogP contribution in [-0.2, 0) is 4.79 Å². The van der Waals surface area contributed by atoms with Crippen LogP contribution in [0, 0.1) is 11.3 Å². The van der Waals surface area contributed by atoms with E-state index < -0.39 is 5.41 Å². The van der Waals surface area contributed by atoms with Gasteiger partial charge >= 0.3 is 0 Å². The average molecular weight is 312 g/mol. The van der Waals surface area contributed by atoms with Gasteiger partial charge in [0.2, 0.25) is 5.91 Å². The van der Waals surface area contributed by atoms with Crippen molar-refractivity contribution in [3.8, 4) is 5.75 Å². The predicted octanol–water partition coefficient (Wildman–Crippen LogP) is 2.45. The Morgan fingerprint density at radius 3 is 2.71 bits per heavy atom. The van der Waals surface area contributed by atoms with Gasteiger partial charge in [0.1, 0.15) is 11.2 Å². The molecule has 1 aromatic carbocycles. The molecule has 1 saturated carbocycles. The monoisotopic (exact) mass is 311 g/mol. The van der Waals surface area contributed by atoms with E-state index >= 15 is 0 Å². The first-order valence-electron chi connectivity index (χ1n) is 6.56. The highest BCUT2D eigenvalue weighted by Gasteiger charge is 2.52. The molecule has 0 spiro atoms. The van der Waals surface area contributed by atoms with Crippen LogP contribution in [0.5, 0.6) is 5.75 Å². The maximum atomic E-state index is 12.5. The van der Waals surface area contributed by atoms with Crippen LogP contribution >= 0.6 is 11.6 Å². The van der Waals surface area contributed by atoms with E-state index in [1.807, 2.05) is 6.92 Å². The van der Waals surface area contributed by atoms with Gasteiger partial charge in [0.15, 0.2) is 5.84 Å². The maximum absolute atomic E-state index is 12.5. The fraction of sp³-hybridized carbons (Fsp3) is 0.429. The molecule has 0 aromatic heterocycles. The number of anilines is 1. The third-order valence-corrected chi connectivity index (χ3v) is 4.13. The van der Waals surface area contributed by atoms with Crippen LogP contribution in [0.1, 0.15) is 19.8 Å². The number of nitrogens with two attached hydrogens (primary N) is 1. The van der Waals surface area contributed by atoms with Gasteiger partial charge in [-0.15, -0.1) is 0 Å². The van der Waals surface area contributed by atoms with Gasteiger partial charge in [-0.2, -0.15) is 0 Å². The molecule has 6 nitrogen and oxygen atoms in total. The number of oxime groups is 1. The number of amidine groups is 1. The number of amides is 1. The van der Waals surface area contributed by atoms with Crippen molar-refractivity contribution in [2.75, 3.05) is 12.4 Å². The molecule has 1 aliphatic carbocycles. The van der Waals surface area contributed by atoms with E-state index in [0.29, 0.717) is 35.2 Å². The van der Waals surface area contributed by atoms with Crippen molar-refractivity contribution >= 4 is 29.0 Å². The van der Waals surface area contributed by atoms with Gasteiger partial charge in [0.25, 0.3) is 0 Å². The van der Waals surface area contributed by atoms with Gasteiger partial charge in [0, 0.05) is 5.69 Å². The lowest BCUT2D eigenvalue weighted by Gasteiger charge is -2.43. The molecule has 1 amide bonds. The SMILES string of the molecule is COc1ccc(NC(=O)C2(/C(N)=N/O)CC(C)C2)cc1Cl. The quantitative estimate of drug-likeness (QED) is 0.344. The fourth-order valence-corrected chi connectivity index (χ4v) is 2.99. The van der Waals surface area contributed by atoms with E-state index in [4.69, 9.17) is 27.3 Å². The van der Waals surface area contributed by atoms with E-state index in [2.05, 4.69) is 10.5 Å². The zero-order valence-electron chi connectivity index (χ0n) is 11.9. The number of nitrogens with one attached hydrogen (secondary N) is 1. The molecule has 114 valence electrons. The number of benzene rings is 1. The minimum absolute atomic E-state index is 0.0577. The van der Waals surface area contributed by atoms with Crippen LogP contribution in [0.25, 0.3) is 0 Å². The highest BCUT2D eigenvalue weighted by Crippen LogP contribution is 2.46. The summed E-state index contributed by atoms with van der Waals surface area (Å²) in [6.45, 7) is 2.01. The summed E-state index contributed by atoms with van der Waals surface area (Å²) in [5.41, 5.74) is 5.29. The van der Waals surface area contributed by atoms with Crippen LogP contribution in [-0.4, -0.2) is 24.1 Å². The van der Waals surface area contributed by atoms with Crippen molar-refractivity contribution in [2.24, 2.45) is 22.2 Å². The second-order valence-electron chi connectivity index (χ2n) is 5.38. The molecule has 21 heavy (non-hydrogen) atoms. The Morgan fingerprint density at radius 2 is 2.24 bits per heavy atom. The summed E-state index contributed by atoms with van der Waals surface area (Å²) in [6, 6.07) is 4.95. The molecular formula is C14H18ClN3O3. The van der Waals surface area contributed by atoms with Crippen molar-refractivity contribution in [2.45, 2.75) is 19.8 Å². The molecule has 0 radical (unpaired) electrons. The Labute approximate surface area is 127 Å². The number of halogens is 1. The molecule has 0 heterocycles. The van der Waals surface area contributed by atoms with Gasteiger partial charge in [-0.1, -0.05) is 23.7 Å². The minimum Gasteiger partial charge on any atom is -0.495 e. The lowest BCUT2D eigenvalue weighted by atomic mass is 9.61. The van der Waals surface area contributed by atoms with E-state index in [1.165, 1.54) is 7.11 Å². The smallest absolute Gasteiger partial charge is 0.238 e. The molecule has 0 aliphatic heterocycles. The van der Waals surface area contributed by atoms with Gasteiger partial charge in [-0.05, 0) is 37.0 Å². The van der Waals surface area contributed by atoms with Gasteiger partial charge in [-0.25, -0.2) is 0 Å². The molecule has 1 fully saturated rings. The number of carbonyl (C=O) groups excluding carboxylic acids is 1. The van der Waals surface area contributed by atoms with Gasteiger partial charge < -0.3 is 21.0 Å². The summed E-state index contributed by atoms with van der Waals surface area (Å²) in [6.07, 6.45) is 1.11. The van der Waals surface area contributed by atoms with Gasteiger partial charge in [-0.3, -0.25) is 4.79 Å². The normalized spacial score (nSPS) is 25.1. The van der Waals surface area contributed by atoms with E-state index in [1.54, 1.807) is 18.2 Å². The molecule has 1 aliphatic rings. The first-order chi connectivity index (χ1) is 9.92. The third kappa shape index (κ3) is 2.76. The topological polar surface area (TPSA) is 96.9 Å². The second kappa shape index (κ2) is 5.81. The lowest BCUT2D eigenvalue weighted by molar-refractivity contribution is -0.127. The van der Waals surface area contributed by atoms with Crippen molar-refractivity contribution in [1.82, 2.24) is 0 Å². The Morgan fingerprint density at radius 1 is 1.57 bits per heavy atom. The number of hydrogen-bond donors (Lipinski definition) is 3. The first-order valence-corrected chi connectivity index (χ1v) is 6.93. The minimum atomic E-state index is -0.944. The molecule has 1 aromatic rings. The summed E-state index contributed by atoms with van der Waals surface area (Å²) >= 11 is 6.02.